The Hall–Kier alpha value is -3.78. The van der Waals surface area contributed by atoms with Gasteiger partial charge in [-0.25, -0.2) is 4.98 Å². The zero-order valence-corrected chi connectivity index (χ0v) is 18.1. The first-order chi connectivity index (χ1) is 15.4. The maximum absolute atomic E-state index is 11.9. The standard InChI is InChI=1S/C24H26N4O4/c1-14-3-8-19(29)15(2)20(14)21-22(25)18(23(26)30)13-27-24(21)32-17-6-4-16(5-7-17)28-9-11-31-12-10-28/h3-8,13,29H,9-12H2,1-2H3,(H2,25,27)(H2,26,30). The predicted molar refractivity (Wildman–Crippen MR) is 123 cm³/mol. The van der Waals surface area contributed by atoms with Gasteiger partial charge in [-0.1, -0.05) is 6.07 Å². The summed E-state index contributed by atoms with van der Waals surface area (Å²) in [6, 6.07) is 11.1. The van der Waals surface area contributed by atoms with E-state index in [0.717, 1.165) is 24.3 Å². The Balaban J connectivity index is 1.76. The van der Waals surface area contributed by atoms with E-state index in [2.05, 4.69) is 9.88 Å². The van der Waals surface area contributed by atoms with E-state index in [1.54, 1.807) is 19.1 Å². The second kappa shape index (κ2) is 8.76. The molecule has 4 rings (SSSR count). The zero-order chi connectivity index (χ0) is 22.8. The number of nitrogens with zero attached hydrogens (tertiary/aromatic N) is 2. The number of nitrogen functional groups attached to an aromatic ring is 1. The van der Waals surface area contributed by atoms with E-state index in [1.807, 2.05) is 31.2 Å². The van der Waals surface area contributed by atoms with Gasteiger partial charge in [0, 0.05) is 25.0 Å². The Morgan fingerprint density at radius 2 is 1.78 bits per heavy atom. The monoisotopic (exact) mass is 434 g/mol. The topological polar surface area (TPSA) is 124 Å². The third-order valence-corrected chi connectivity index (χ3v) is 5.67. The lowest BCUT2D eigenvalue weighted by atomic mass is 9.93. The van der Waals surface area contributed by atoms with Crippen LogP contribution in [0.3, 0.4) is 0 Å². The van der Waals surface area contributed by atoms with Crippen LogP contribution in [0.4, 0.5) is 11.4 Å². The highest BCUT2D eigenvalue weighted by Crippen LogP contribution is 2.43. The fourth-order valence-electron chi connectivity index (χ4n) is 3.90. The second-order valence-electron chi connectivity index (χ2n) is 7.73. The molecular weight excluding hydrogens is 408 g/mol. The van der Waals surface area contributed by atoms with Crippen molar-refractivity contribution in [1.29, 1.82) is 0 Å². The van der Waals surface area contributed by atoms with E-state index >= 15 is 0 Å². The van der Waals surface area contributed by atoms with Gasteiger partial charge in [-0.05, 0) is 60.9 Å². The number of amides is 1. The Labute approximate surface area is 186 Å². The summed E-state index contributed by atoms with van der Waals surface area (Å²) in [6.07, 6.45) is 1.31. The minimum absolute atomic E-state index is 0.0946. The number of primary amides is 1. The van der Waals surface area contributed by atoms with Crippen LogP contribution in [0.15, 0.2) is 42.6 Å². The number of phenolic OH excluding ortho intramolecular Hbond substituents is 1. The SMILES string of the molecule is Cc1ccc(O)c(C)c1-c1c(Oc2ccc(N3CCOCC3)cc2)ncc(C(N)=O)c1N. The van der Waals surface area contributed by atoms with Gasteiger partial charge in [0.15, 0.2) is 0 Å². The van der Waals surface area contributed by atoms with Gasteiger partial charge in [-0.3, -0.25) is 4.79 Å². The van der Waals surface area contributed by atoms with Gasteiger partial charge in [-0.15, -0.1) is 0 Å². The molecule has 32 heavy (non-hydrogen) atoms. The summed E-state index contributed by atoms with van der Waals surface area (Å²) in [4.78, 5) is 18.5. The highest BCUT2D eigenvalue weighted by atomic mass is 16.5. The number of pyridine rings is 1. The van der Waals surface area contributed by atoms with Crippen LogP contribution in [0.1, 0.15) is 21.5 Å². The Morgan fingerprint density at radius 1 is 1.09 bits per heavy atom. The Morgan fingerprint density at radius 3 is 2.44 bits per heavy atom. The van der Waals surface area contributed by atoms with Gasteiger partial charge in [0.05, 0.1) is 30.0 Å². The maximum atomic E-state index is 11.9. The van der Waals surface area contributed by atoms with E-state index in [1.165, 1.54) is 6.20 Å². The normalized spacial score (nSPS) is 13.8. The highest BCUT2D eigenvalue weighted by Gasteiger charge is 2.23. The summed E-state index contributed by atoms with van der Waals surface area (Å²) in [7, 11) is 0. The smallest absolute Gasteiger partial charge is 0.252 e. The molecule has 1 aliphatic heterocycles. The molecule has 3 aromatic rings. The number of carbonyl (C=O) groups excluding carboxylic acids is 1. The molecule has 5 N–H and O–H groups in total. The van der Waals surface area contributed by atoms with Crippen LogP contribution in [-0.4, -0.2) is 42.3 Å². The minimum Gasteiger partial charge on any atom is -0.508 e. The second-order valence-corrected chi connectivity index (χ2v) is 7.73. The molecule has 1 aromatic heterocycles. The predicted octanol–water partition coefficient (Wildman–Crippen LogP) is 3.38. The van der Waals surface area contributed by atoms with Crippen LogP contribution < -0.4 is 21.1 Å². The largest absolute Gasteiger partial charge is 0.508 e. The van der Waals surface area contributed by atoms with Crippen molar-refractivity contribution in [3.05, 3.63) is 59.3 Å². The van der Waals surface area contributed by atoms with Gasteiger partial charge >= 0.3 is 0 Å². The molecule has 8 heteroatoms. The molecule has 1 aliphatic rings. The number of aromatic nitrogens is 1. The van der Waals surface area contributed by atoms with Crippen LogP contribution >= 0.6 is 0 Å². The summed E-state index contributed by atoms with van der Waals surface area (Å²) in [5.74, 6) is 0.212. The molecule has 1 saturated heterocycles. The van der Waals surface area contributed by atoms with Gasteiger partial charge in [0.1, 0.15) is 11.5 Å². The van der Waals surface area contributed by atoms with Crippen molar-refractivity contribution in [3.8, 4) is 28.5 Å². The molecule has 0 atom stereocenters. The van der Waals surface area contributed by atoms with Crippen molar-refractivity contribution in [1.82, 2.24) is 4.98 Å². The Bertz CT molecular complexity index is 1160. The van der Waals surface area contributed by atoms with Gasteiger partial charge < -0.3 is 30.9 Å². The highest BCUT2D eigenvalue weighted by molar-refractivity contribution is 6.02. The number of carbonyl (C=O) groups is 1. The van der Waals surface area contributed by atoms with Crippen LogP contribution in [0, 0.1) is 13.8 Å². The summed E-state index contributed by atoms with van der Waals surface area (Å²) >= 11 is 0. The van der Waals surface area contributed by atoms with Crippen LogP contribution in [-0.2, 0) is 4.74 Å². The quantitative estimate of drug-likeness (QED) is 0.562. The lowest BCUT2D eigenvalue weighted by Crippen LogP contribution is -2.36. The summed E-state index contributed by atoms with van der Waals surface area (Å²) in [5, 5.41) is 10.3. The number of aromatic hydroxyl groups is 1. The summed E-state index contributed by atoms with van der Waals surface area (Å²) < 4.78 is 11.5. The molecule has 0 saturated carbocycles. The molecule has 2 aromatic carbocycles. The van der Waals surface area contributed by atoms with Crippen molar-refractivity contribution in [2.24, 2.45) is 5.73 Å². The van der Waals surface area contributed by atoms with Crippen molar-refractivity contribution in [2.75, 3.05) is 36.9 Å². The van der Waals surface area contributed by atoms with Crippen molar-refractivity contribution < 1.29 is 19.4 Å². The molecule has 2 heterocycles. The molecule has 0 bridgehead atoms. The number of phenols is 1. The zero-order valence-electron chi connectivity index (χ0n) is 18.1. The first-order valence-corrected chi connectivity index (χ1v) is 10.3. The molecule has 0 spiro atoms. The first kappa shape index (κ1) is 21.5. The third kappa shape index (κ3) is 4.04. The molecule has 0 unspecified atom stereocenters. The lowest BCUT2D eigenvalue weighted by molar-refractivity contribution is 0.100. The van der Waals surface area contributed by atoms with Gasteiger partial charge in [0.25, 0.3) is 5.91 Å². The van der Waals surface area contributed by atoms with Crippen LogP contribution in [0.25, 0.3) is 11.1 Å². The van der Waals surface area contributed by atoms with Crippen molar-refractivity contribution >= 4 is 17.3 Å². The number of hydrogen-bond donors (Lipinski definition) is 3. The first-order valence-electron chi connectivity index (χ1n) is 10.3. The molecule has 8 nitrogen and oxygen atoms in total. The van der Waals surface area contributed by atoms with Crippen molar-refractivity contribution in [3.63, 3.8) is 0 Å². The number of ether oxygens (including phenoxy) is 2. The van der Waals surface area contributed by atoms with E-state index in [9.17, 15) is 9.90 Å². The molecule has 0 aliphatic carbocycles. The lowest BCUT2D eigenvalue weighted by Gasteiger charge is -2.28. The number of aryl methyl sites for hydroxylation is 1. The molecular formula is C24H26N4O4. The number of anilines is 2. The third-order valence-electron chi connectivity index (χ3n) is 5.67. The van der Waals surface area contributed by atoms with Gasteiger partial charge in [-0.2, -0.15) is 0 Å². The molecule has 166 valence electrons. The molecule has 0 radical (unpaired) electrons. The molecule has 1 fully saturated rings. The van der Waals surface area contributed by atoms with Crippen LogP contribution in [0.2, 0.25) is 0 Å². The maximum Gasteiger partial charge on any atom is 0.252 e. The average Bonchev–Trinajstić information content (AvgIpc) is 2.79. The van der Waals surface area contributed by atoms with E-state index < -0.39 is 5.91 Å². The summed E-state index contributed by atoms with van der Waals surface area (Å²) in [6.45, 7) is 6.76. The summed E-state index contributed by atoms with van der Waals surface area (Å²) in [5.41, 5.74) is 15.7. The Kier molecular flexibility index (Phi) is 5.87. The van der Waals surface area contributed by atoms with E-state index in [0.29, 0.717) is 35.7 Å². The van der Waals surface area contributed by atoms with Crippen molar-refractivity contribution in [2.45, 2.75) is 13.8 Å². The van der Waals surface area contributed by atoms with Gasteiger partial charge in [0.2, 0.25) is 5.88 Å². The average molecular weight is 434 g/mol. The van der Waals surface area contributed by atoms with E-state index in [4.69, 9.17) is 20.9 Å². The van der Waals surface area contributed by atoms with E-state index in [-0.39, 0.29) is 22.9 Å². The number of nitrogens with two attached hydrogens (primary N) is 2. The number of rotatable bonds is 5. The number of hydrogen-bond acceptors (Lipinski definition) is 7. The molecule has 1 amide bonds. The fraction of sp³-hybridized carbons (Fsp3) is 0.250. The number of benzene rings is 2. The fourth-order valence-corrected chi connectivity index (χ4v) is 3.90. The number of morpholine rings is 1. The van der Waals surface area contributed by atoms with Crippen LogP contribution in [0.5, 0.6) is 17.4 Å². The minimum atomic E-state index is -0.687.